The van der Waals surface area contributed by atoms with Gasteiger partial charge in [0.25, 0.3) is 0 Å². The fraction of sp³-hybridized carbons (Fsp3) is 0.632. The molecule has 2 aliphatic heterocycles. The van der Waals surface area contributed by atoms with E-state index in [1.165, 1.54) is 0 Å². The topological polar surface area (TPSA) is 207 Å². The van der Waals surface area contributed by atoms with E-state index in [1.54, 1.807) is 30.3 Å². The number of hydrogen-bond acceptors (Lipinski definition) is 12. The number of aliphatic hydroxyl groups is 8. The molecule has 0 spiro atoms. The minimum atomic E-state index is -3.19. The Morgan fingerprint density at radius 1 is 0.935 bits per heavy atom. The van der Waals surface area contributed by atoms with E-state index >= 15 is 0 Å². The lowest BCUT2D eigenvalue weighted by Crippen LogP contribution is -2.77. The Hall–Kier alpha value is -1.71. The highest BCUT2D eigenvalue weighted by atomic mass is 16.7. The number of benzene rings is 1. The van der Waals surface area contributed by atoms with Crippen molar-refractivity contribution in [1.82, 2.24) is 0 Å². The van der Waals surface area contributed by atoms with E-state index in [-0.39, 0.29) is 6.61 Å². The van der Waals surface area contributed by atoms with Gasteiger partial charge in [-0.25, -0.2) is 4.79 Å². The Bertz CT molecular complexity index is 762. The van der Waals surface area contributed by atoms with E-state index < -0.39 is 73.3 Å². The van der Waals surface area contributed by atoms with Crippen LogP contribution in [0.3, 0.4) is 0 Å². The van der Waals surface area contributed by atoms with Crippen LogP contribution in [0, 0.1) is 0 Å². The Balaban J connectivity index is 1.88. The number of esters is 1. The number of aliphatic hydroxyl groups excluding tert-OH is 7. The zero-order chi connectivity index (χ0) is 23.0. The van der Waals surface area contributed by atoms with Crippen molar-refractivity contribution >= 4 is 5.97 Å². The van der Waals surface area contributed by atoms with Crippen molar-refractivity contribution in [1.29, 1.82) is 0 Å². The average Bonchev–Trinajstić information content (AvgIpc) is 3.05. The van der Waals surface area contributed by atoms with E-state index in [2.05, 4.69) is 0 Å². The molecule has 174 valence electrons. The van der Waals surface area contributed by atoms with E-state index in [0.717, 1.165) is 0 Å². The van der Waals surface area contributed by atoms with E-state index in [9.17, 15) is 45.6 Å². The zero-order valence-electron chi connectivity index (χ0n) is 16.3. The van der Waals surface area contributed by atoms with Crippen molar-refractivity contribution in [3.8, 4) is 0 Å². The molecule has 0 amide bonds. The van der Waals surface area contributed by atoms with Gasteiger partial charge in [-0.2, -0.15) is 0 Å². The Labute approximate surface area is 176 Å². The molecular weight excluding hydrogens is 420 g/mol. The third kappa shape index (κ3) is 3.85. The summed E-state index contributed by atoms with van der Waals surface area (Å²) < 4.78 is 15.5. The van der Waals surface area contributed by atoms with Crippen LogP contribution >= 0.6 is 0 Å². The van der Waals surface area contributed by atoms with Crippen LogP contribution in [-0.2, 0) is 25.6 Å². The highest BCUT2D eigenvalue weighted by Gasteiger charge is 2.72. The van der Waals surface area contributed by atoms with Crippen LogP contribution in [0.2, 0.25) is 0 Å². The summed E-state index contributed by atoms with van der Waals surface area (Å²) in [5.41, 5.74) is -2.09. The first-order valence-electron chi connectivity index (χ1n) is 9.53. The lowest BCUT2D eigenvalue weighted by atomic mass is 9.78. The number of rotatable bonds is 6. The second kappa shape index (κ2) is 9.03. The van der Waals surface area contributed by atoms with Crippen LogP contribution in [0.15, 0.2) is 30.3 Å². The second-order valence-corrected chi connectivity index (χ2v) is 7.58. The van der Waals surface area contributed by atoms with Crippen LogP contribution in [0.4, 0.5) is 0 Å². The SMILES string of the molecule is O=C(OCc1ccccc1)[C@H]1O[C@@](O)([C@]2(CO)O[C@H](CO)[C@@H](O)[C@@H]2O)[C@H](O)[C@@H](O)[C@H]1O. The fourth-order valence-corrected chi connectivity index (χ4v) is 3.85. The van der Waals surface area contributed by atoms with Gasteiger partial charge in [0, 0.05) is 0 Å². The molecular formula is C19H26O12. The molecule has 0 bridgehead atoms. The first-order valence-corrected chi connectivity index (χ1v) is 9.53. The van der Waals surface area contributed by atoms with Crippen molar-refractivity contribution in [2.75, 3.05) is 13.2 Å². The predicted octanol–water partition coefficient (Wildman–Crippen LogP) is -4.26. The summed E-state index contributed by atoms with van der Waals surface area (Å²) in [7, 11) is 0. The molecule has 2 aliphatic rings. The van der Waals surface area contributed by atoms with Crippen molar-refractivity contribution in [3.05, 3.63) is 35.9 Å². The average molecular weight is 446 g/mol. The van der Waals surface area contributed by atoms with Crippen LogP contribution < -0.4 is 0 Å². The maximum atomic E-state index is 12.5. The number of carbonyl (C=O) groups is 1. The van der Waals surface area contributed by atoms with Gasteiger partial charge >= 0.3 is 5.97 Å². The maximum Gasteiger partial charge on any atom is 0.338 e. The summed E-state index contributed by atoms with van der Waals surface area (Å²) in [5, 5.41) is 81.7. The summed E-state index contributed by atoms with van der Waals surface area (Å²) in [6.45, 7) is -2.33. The largest absolute Gasteiger partial charge is 0.459 e. The minimum Gasteiger partial charge on any atom is -0.459 e. The van der Waals surface area contributed by atoms with Gasteiger partial charge in [0.2, 0.25) is 5.79 Å². The summed E-state index contributed by atoms with van der Waals surface area (Å²) in [6, 6.07) is 8.44. The Kier molecular flexibility index (Phi) is 6.98. The van der Waals surface area contributed by atoms with Crippen molar-refractivity contribution in [2.24, 2.45) is 0 Å². The van der Waals surface area contributed by atoms with Gasteiger partial charge < -0.3 is 55.1 Å². The molecule has 12 heteroatoms. The van der Waals surface area contributed by atoms with Gasteiger partial charge in [0.05, 0.1) is 13.2 Å². The van der Waals surface area contributed by atoms with Gasteiger partial charge in [-0.15, -0.1) is 0 Å². The lowest BCUT2D eigenvalue weighted by molar-refractivity contribution is -0.409. The maximum absolute atomic E-state index is 12.5. The third-order valence-electron chi connectivity index (χ3n) is 5.71. The van der Waals surface area contributed by atoms with Crippen molar-refractivity contribution < 1.29 is 59.9 Å². The fourth-order valence-electron chi connectivity index (χ4n) is 3.85. The van der Waals surface area contributed by atoms with Crippen LogP contribution in [0.1, 0.15) is 5.56 Å². The van der Waals surface area contributed by atoms with Gasteiger partial charge in [-0.1, -0.05) is 30.3 Å². The molecule has 0 aliphatic carbocycles. The monoisotopic (exact) mass is 446 g/mol. The molecule has 2 saturated heterocycles. The molecule has 1 aromatic rings. The number of carbonyl (C=O) groups excluding carboxylic acids is 1. The molecule has 1 aromatic carbocycles. The van der Waals surface area contributed by atoms with Crippen molar-refractivity contribution in [3.63, 3.8) is 0 Å². The molecule has 3 rings (SSSR count). The van der Waals surface area contributed by atoms with Crippen LogP contribution in [0.5, 0.6) is 0 Å². The Morgan fingerprint density at radius 2 is 1.58 bits per heavy atom. The van der Waals surface area contributed by atoms with Gasteiger partial charge in [-0.3, -0.25) is 0 Å². The molecule has 9 atom stereocenters. The van der Waals surface area contributed by atoms with Gasteiger partial charge in [-0.05, 0) is 5.56 Å². The molecule has 0 radical (unpaired) electrons. The molecule has 0 aromatic heterocycles. The van der Waals surface area contributed by atoms with Gasteiger partial charge in [0.1, 0.15) is 43.2 Å². The molecule has 2 heterocycles. The van der Waals surface area contributed by atoms with E-state index in [1.807, 2.05) is 0 Å². The first kappa shape index (κ1) is 23.9. The highest BCUT2D eigenvalue weighted by molar-refractivity contribution is 5.76. The standard InChI is InChI=1S/C19H26O12/c20-6-10-11(22)15(25)18(8-21,30-10)19(28)16(26)13(24)12(23)14(31-19)17(27)29-7-9-4-2-1-3-5-9/h1-5,10-16,20-26,28H,6-8H2/t10-,11-,12-,13+,14+,15+,16-,18-,19-/m1/s1. The second-order valence-electron chi connectivity index (χ2n) is 7.58. The summed E-state index contributed by atoms with van der Waals surface area (Å²) in [5.74, 6) is -4.42. The molecule has 31 heavy (non-hydrogen) atoms. The molecule has 0 saturated carbocycles. The lowest BCUT2D eigenvalue weighted by Gasteiger charge is -2.52. The van der Waals surface area contributed by atoms with E-state index in [4.69, 9.17) is 14.2 Å². The van der Waals surface area contributed by atoms with Crippen LogP contribution in [-0.4, -0.2) is 114 Å². The zero-order valence-corrected chi connectivity index (χ0v) is 16.3. The van der Waals surface area contributed by atoms with Crippen LogP contribution in [0.25, 0.3) is 0 Å². The quantitative estimate of drug-likeness (QED) is 0.196. The summed E-state index contributed by atoms with van der Waals surface area (Å²) >= 11 is 0. The molecule has 0 unspecified atom stereocenters. The summed E-state index contributed by atoms with van der Waals surface area (Å²) in [6.07, 6.45) is -14.1. The van der Waals surface area contributed by atoms with E-state index in [0.29, 0.717) is 5.56 Å². The first-order chi connectivity index (χ1) is 14.6. The van der Waals surface area contributed by atoms with Crippen molar-refractivity contribution in [2.45, 2.75) is 60.7 Å². The molecule has 2 fully saturated rings. The third-order valence-corrected chi connectivity index (χ3v) is 5.71. The van der Waals surface area contributed by atoms with Gasteiger partial charge in [0.15, 0.2) is 11.7 Å². The minimum absolute atomic E-state index is 0.237. The smallest absolute Gasteiger partial charge is 0.338 e. The normalized spacial score (nSPS) is 43.0. The highest BCUT2D eigenvalue weighted by Crippen LogP contribution is 2.45. The number of hydrogen-bond donors (Lipinski definition) is 8. The Morgan fingerprint density at radius 3 is 2.13 bits per heavy atom. The molecule has 12 nitrogen and oxygen atoms in total. The summed E-state index contributed by atoms with van der Waals surface area (Å²) in [4.78, 5) is 12.5. The molecule has 8 N–H and O–H groups in total. The number of ether oxygens (including phenoxy) is 3. The predicted molar refractivity (Wildman–Crippen MR) is 97.9 cm³/mol.